The molecule has 0 atom stereocenters. The van der Waals surface area contributed by atoms with E-state index in [0.717, 1.165) is 17.5 Å². The van der Waals surface area contributed by atoms with Gasteiger partial charge in [0, 0.05) is 11.6 Å². The van der Waals surface area contributed by atoms with Gasteiger partial charge in [0.25, 0.3) is 0 Å². The summed E-state index contributed by atoms with van der Waals surface area (Å²) < 4.78 is 0. The third-order valence-corrected chi connectivity index (χ3v) is 2.44. The van der Waals surface area contributed by atoms with Crippen LogP contribution in [0.4, 0.5) is 5.13 Å². The number of aromatic nitrogens is 1. The average molecular weight is 272 g/mol. The fourth-order valence-corrected chi connectivity index (χ4v) is 1.63. The van der Waals surface area contributed by atoms with Crippen LogP contribution in [-0.4, -0.2) is 27.6 Å². The fourth-order valence-electron chi connectivity index (χ4n) is 0.903. The number of hydrogen-bond acceptors (Lipinski definition) is 5. The normalized spacial score (nSPS) is 10.7. The molecule has 1 heterocycles. The maximum Gasteiger partial charge on any atom is 0.339 e. The third-order valence-electron chi connectivity index (χ3n) is 1.55. The highest BCUT2D eigenvalue weighted by Crippen LogP contribution is 2.20. The van der Waals surface area contributed by atoms with Crippen molar-refractivity contribution in [2.45, 2.75) is 0 Å². The molecule has 0 bridgehead atoms. The Balaban J connectivity index is 2.97. The zero-order chi connectivity index (χ0) is 12.8. The minimum Gasteiger partial charge on any atom is -0.478 e. The molecule has 0 spiro atoms. The number of hydrogen-bond donors (Lipinski definition) is 4. The first kappa shape index (κ1) is 13.1. The Morgan fingerprint density at radius 2 is 2.35 bits per heavy atom. The first-order valence-electron chi connectivity index (χ1n) is 4.20. The summed E-state index contributed by atoms with van der Waals surface area (Å²) in [7, 11) is 0. The molecule has 0 saturated carbocycles. The van der Waals surface area contributed by atoms with Gasteiger partial charge in [0.1, 0.15) is 5.57 Å². The smallest absolute Gasteiger partial charge is 0.339 e. The minimum absolute atomic E-state index is 0.0507. The van der Waals surface area contributed by atoms with E-state index < -0.39 is 5.97 Å². The van der Waals surface area contributed by atoms with Gasteiger partial charge in [-0.2, -0.15) is 0 Å². The molecule has 9 heteroatoms. The van der Waals surface area contributed by atoms with Crippen LogP contribution in [0.5, 0.6) is 0 Å². The molecule has 0 fully saturated rings. The highest BCUT2D eigenvalue weighted by Gasteiger charge is 2.14. The molecular formula is C8H8N4O3S2. The van der Waals surface area contributed by atoms with E-state index >= 15 is 0 Å². The Morgan fingerprint density at radius 3 is 2.88 bits per heavy atom. The molecule has 0 aliphatic rings. The van der Waals surface area contributed by atoms with Crippen molar-refractivity contribution >= 4 is 51.8 Å². The van der Waals surface area contributed by atoms with E-state index in [0.29, 0.717) is 11.5 Å². The molecule has 1 aromatic heterocycles. The number of nitrogens with two attached hydrogens (primary N) is 1. The molecule has 7 nitrogen and oxygen atoms in total. The summed E-state index contributed by atoms with van der Waals surface area (Å²) in [4.78, 5) is 25.0. The quantitative estimate of drug-likeness (QED) is 0.338. The molecule has 0 radical (unpaired) electrons. The van der Waals surface area contributed by atoms with Gasteiger partial charge in [0.15, 0.2) is 10.2 Å². The number of carboxylic acids is 1. The zero-order valence-electron chi connectivity index (χ0n) is 8.34. The average Bonchev–Trinajstić information content (AvgIpc) is 2.66. The van der Waals surface area contributed by atoms with E-state index in [2.05, 4.69) is 27.8 Å². The van der Waals surface area contributed by atoms with E-state index in [4.69, 9.17) is 10.8 Å². The number of nitrogens with zero attached hydrogens (tertiary/aromatic N) is 1. The molecule has 0 aliphatic carbocycles. The number of thiocarbonyl (C=S) groups is 1. The predicted octanol–water partition coefficient (Wildman–Crippen LogP) is -0.0299. The molecular weight excluding hydrogens is 264 g/mol. The van der Waals surface area contributed by atoms with E-state index in [1.54, 1.807) is 0 Å². The van der Waals surface area contributed by atoms with Crippen molar-refractivity contribution in [1.82, 2.24) is 10.3 Å². The molecule has 0 saturated heterocycles. The van der Waals surface area contributed by atoms with Crippen molar-refractivity contribution in [3.63, 3.8) is 0 Å². The maximum atomic E-state index is 11.0. The molecule has 0 aliphatic heterocycles. The van der Waals surface area contributed by atoms with Crippen molar-refractivity contribution in [3.05, 3.63) is 17.3 Å². The molecule has 17 heavy (non-hydrogen) atoms. The van der Waals surface area contributed by atoms with Crippen LogP contribution in [0.15, 0.2) is 11.6 Å². The molecule has 1 amide bonds. The van der Waals surface area contributed by atoms with Gasteiger partial charge in [-0.05, 0) is 12.2 Å². The second kappa shape index (κ2) is 5.92. The molecule has 1 aromatic rings. The first-order valence-corrected chi connectivity index (χ1v) is 5.49. The van der Waals surface area contributed by atoms with Gasteiger partial charge in [0.2, 0.25) is 6.41 Å². The van der Waals surface area contributed by atoms with Gasteiger partial charge < -0.3 is 21.5 Å². The van der Waals surface area contributed by atoms with Crippen LogP contribution in [0.25, 0.3) is 5.57 Å². The largest absolute Gasteiger partial charge is 0.478 e. The van der Waals surface area contributed by atoms with Gasteiger partial charge in [0.05, 0.1) is 5.69 Å². The van der Waals surface area contributed by atoms with Crippen LogP contribution >= 0.6 is 23.6 Å². The summed E-state index contributed by atoms with van der Waals surface area (Å²) in [6, 6.07) is 0. The standard InChI is InChI=1S/C8H8N4O3S2/c9-7(16)10-1-4(6(14)15)5-2-17-8(12-5)11-3-13/h1-3H,(H,14,15)(H3,9,10,16)(H,11,12,13)/b4-1-. The lowest BCUT2D eigenvalue weighted by Gasteiger charge is -1.99. The second-order valence-electron chi connectivity index (χ2n) is 2.67. The number of carbonyl (C=O) groups is 2. The van der Waals surface area contributed by atoms with Crippen LogP contribution in [0.1, 0.15) is 5.69 Å². The fraction of sp³-hybridized carbons (Fsp3) is 0. The van der Waals surface area contributed by atoms with Gasteiger partial charge in [-0.3, -0.25) is 4.79 Å². The van der Waals surface area contributed by atoms with Crippen molar-refractivity contribution in [1.29, 1.82) is 0 Å². The number of thiazole rings is 1. The van der Waals surface area contributed by atoms with Gasteiger partial charge >= 0.3 is 5.97 Å². The SMILES string of the molecule is NC(=S)N/C=C(\C(=O)O)c1csc(NC=O)n1. The number of amides is 1. The van der Waals surface area contributed by atoms with Crippen LogP contribution < -0.4 is 16.4 Å². The monoisotopic (exact) mass is 272 g/mol. The van der Waals surface area contributed by atoms with E-state index in [-0.39, 0.29) is 16.4 Å². The number of rotatable bonds is 5. The van der Waals surface area contributed by atoms with Crippen LogP contribution in [0, 0.1) is 0 Å². The summed E-state index contributed by atoms with van der Waals surface area (Å²) in [6.07, 6.45) is 1.60. The van der Waals surface area contributed by atoms with Crippen LogP contribution in [0.3, 0.4) is 0 Å². The summed E-state index contributed by atoms with van der Waals surface area (Å²) >= 11 is 5.65. The molecule has 0 aromatic carbocycles. The van der Waals surface area contributed by atoms with Crippen molar-refractivity contribution in [2.24, 2.45) is 5.73 Å². The summed E-state index contributed by atoms with van der Waals surface area (Å²) in [5.41, 5.74) is 5.28. The Labute approximate surface area is 105 Å². The number of carbonyl (C=O) groups excluding carboxylic acids is 1. The Kier molecular flexibility index (Phi) is 4.55. The third kappa shape index (κ3) is 3.81. The molecule has 0 unspecified atom stereocenters. The highest BCUT2D eigenvalue weighted by atomic mass is 32.1. The molecule has 90 valence electrons. The summed E-state index contributed by atoms with van der Waals surface area (Å²) in [5, 5.41) is 15.4. The maximum absolute atomic E-state index is 11.0. The van der Waals surface area contributed by atoms with E-state index in [1.807, 2.05) is 0 Å². The number of nitrogens with one attached hydrogen (secondary N) is 2. The minimum atomic E-state index is -1.18. The number of aliphatic carboxylic acids is 1. The highest BCUT2D eigenvalue weighted by molar-refractivity contribution is 7.80. The lowest BCUT2D eigenvalue weighted by molar-refractivity contribution is -0.130. The van der Waals surface area contributed by atoms with Crippen LogP contribution in [0.2, 0.25) is 0 Å². The molecule has 5 N–H and O–H groups in total. The topological polar surface area (TPSA) is 117 Å². The Morgan fingerprint density at radius 1 is 1.65 bits per heavy atom. The summed E-state index contributed by atoms with van der Waals surface area (Å²) in [6.45, 7) is 0. The van der Waals surface area contributed by atoms with Gasteiger partial charge in [-0.15, -0.1) is 11.3 Å². The first-order chi connectivity index (χ1) is 8.04. The number of anilines is 1. The number of carboxylic acid groups (broad SMARTS) is 1. The lowest BCUT2D eigenvalue weighted by atomic mass is 10.2. The van der Waals surface area contributed by atoms with E-state index in [1.165, 1.54) is 5.38 Å². The molecule has 1 rings (SSSR count). The Bertz CT molecular complexity index is 483. The second-order valence-corrected chi connectivity index (χ2v) is 3.97. The Hall–Kier alpha value is -2.00. The van der Waals surface area contributed by atoms with Gasteiger partial charge in [-0.25, -0.2) is 9.78 Å². The predicted molar refractivity (Wildman–Crippen MR) is 67.3 cm³/mol. The lowest BCUT2D eigenvalue weighted by Crippen LogP contribution is -2.24. The van der Waals surface area contributed by atoms with Crippen molar-refractivity contribution < 1.29 is 14.7 Å². The van der Waals surface area contributed by atoms with Crippen molar-refractivity contribution in [2.75, 3.05) is 5.32 Å². The van der Waals surface area contributed by atoms with E-state index in [9.17, 15) is 9.59 Å². The van der Waals surface area contributed by atoms with Crippen LogP contribution in [-0.2, 0) is 9.59 Å². The van der Waals surface area contributed by atoms with Crippen molar-refractivity contribution in [3.8, 4) is 0 Å². The zero-order valence-corrected chi connectivity index (χ0v) is 9.97. The summed E-state index contributed by atoms with van der Waals surface area (Å²) in [5.74, 6) is -1.18. The van der Waals surface area contributed by atoms with Gasteiger partial charge in [-0.1, -0.05) is 0 Å².